The van der Waals surface area contributed by atoms with Crippen molar-refractivity contribution in [1.29, 1.82) is 0 Å². The van der Waals surface area contributed by atoms with Gasteiger partial charge < -0.3 is 59.4 Å². The van der Waals surface area contributed by atoms with Crippen molar-refractivity contribution in [1.82, 2.24) is 30.2 Å². The number of para-hydroxylation sites is 1. The molecule has 4 N–H and O–H groups in total. The normalized spacial score (nSPS) is 25.7. The average Bonchev–Trinajstić information content (AvgIpc) is 1.59. The summed E-state index contributed by atoms with van der Waals surface area (Å²) in [5.41, 5.74) is 2.59. The fourth-order valence-electron chi connectivity index (χ4n) is 13.2. The molecule has 1 aliphatic carbocycles. The van der Waals surface area contributed by atoms with Gasteiger partial charge in [-0.15, -0.1) is 35.3 Å². The molecule has 27 heteroatoms. The Balaban J connectivity index is 0.000000159. The summed E-state index contributed by atoms with van der Waals surface area (Å²) >= 11 is 4.22. The zero-order valence-electron chi connectivity index (χ0n) is 55.4. The number of nitrogens with zero attached hydrogens (tertiary/aromatic N) is 5. The van der Waals surface area contributed by atoms with Gasteiger partial charge in [0.2, 0.25) is 30.4 Å². The van der Waals surface area contributed by atoms with Crippen LogP contribution in [0, 0.1) is 5.41 Å². The number of carboxylic acids is 2. The van der Waals surface area contributed by atoms with Crippen LogP contribution in [-0.2, 0) is 75.1 Å². The standard InChI is InChI=1S/C26H26N2O6S.C23H22N2O6S.C21H33N3O5S/c1-26(2)20(24(31)32)28-22(30)19(23(28)35-26)27-21(29)18(15-7-4-3-5-8-15)25(33)34-17-12-11-14-9-6-10-16(14)13-17;1-23(2)17(21(28)29)25-19(27)16(20(25)32-23)24-18(26)15(13-9-5-3-6-10-13)22(30)31-14-11-7-4-8-12-14;1-20(2,3)19(27)29-13-28-18(26)15-21(4,5)30-17-14(16(25)24(15)17)22-12-23-10-8-6-7-9-11-23/h3-5,7-8,11-13,18-20,23H,6,9-10H2,1-2H3,(H,27,29)(H,31,32);3-12,15-17,20H,1-2H3,(H,24,26)(H,28,29);12,14-15,17H,6-11,13H2,1-5H3/t18?,19-,20+,23-;15?,16-,17+,20-;14-,15+,17-/m111/s1. The van der Waals surface area contributed by atoms with Crippen molar-refractivity contribution in [2.45, 2.75) is 186 Å². The number of carbonyl (C=O) groups is 11. The quantitative estimate of drug-likeness (QED) is 0.0159. The zero-order valence-corrected chi connectivity index (χ0v) is 57.8. The van der Waals surface area contributed by atoms with Crippen LogP contribution in [0.5, 0.6) is 11.5 Å². The Bertz CT molecular complexity index is 3730. The molecule has 0 radical (unpaired) electrons. The number of likely N-dealkylation sites (tertiary alicyclic amines) is 1. The van der Waals surface area contributed by atoms with E-state index in [4.69, 9.17) is 18.9 Å². The van der Waals surface area contributed by atoms with Crippen molar-refractivity contribution in [2.75, 3.05) is 19.9 Å². The molecular weight excluding hydrogens is 1310 g/mol. The van der Waals surface area contributed by atoms with E-state index in [-0.39, 0.29) is 11.3 Å². The number of hydrogen-bond acceptors (Lipinski definition) is 19. The maximum atomic E-state index is 13.4. The number of aliphatic imine (C=N–C) groups is 1. The Morgan fingerprint density at radius 3 is 1.48 bits per heavy atom. The molecule has 4 aromatic carbocycles. The minimum Gasteiger partial charge on any atom is -0.480 e. The lowest BCUT2D eigenvalue weighted by Crippen LogP contribution is -2.71. The molecule has 5 amide bonds. The molecule has 11 atom stereocenters. The summed E-state index contributed by atoms with van der Waals surface area (Å²) in [6.45, 7) is 17.6. The molecule has 0 bridgehead atoms. The number of thioether (sulfide) groups is 3. The van der Waals surface area contributed by atoms with E-state index in [0.29, 0.717) is 22.6 Å². The van der Waals surface area contributed by atoms with Gasteiger partial charge in [-0.1, -0.05) is 97.8 Å². The molecule has 7 fully saturated rings. The third kappa shape index (κ3) is 15.2. The van der Waals surface area contributed by atoms with Crippen LogP contribution in [0.2, 0.25) is 0 Å². The van der Waals surface area contributed by atoms with E-state index in [1.165, 1.54) is 51.7 Å². The Kier molecular flexibility index (Phi) is 21.3. The van der Waals surface area contributed by atoms with Crippen molar-refractivity contribution < 1.29 is 81.9 Å². The molecule has 0 spiro atoms. The Hall–Kier alpha value is -8.43. The summed E-state index contributed by atoms with van der Waals surface area (Å²) in [6, 6.07) is 26.0. The van der Waals surface area contributed by atoms with E-state index in [1.807, 2.05) is 32.3 Å². The lowest BCUT2D eigenvalue weighted by atomic mass is 9.94. The van der Waals surface area contributed by atoms with Crippen LogP contribution in [0.1, 0.15) is 129 Å². The van der Waals surface area contributed by atoms with Crippen LogP contribution in [0.25, 0.3) is 0 Å². The van der Waals surface area contributed by atoms with Gasteiger partial charge in [-0.3, -0.25) is 43.3 Å². The van der Waals surface area contributed by atoms with Gasteiger partial charge in [-0.05, 0) is 141 Å². The largest absolute Gasteiger partial charge is 0.480 e. The summed E-state index contributed by atoms with van der Waals surface area (Å²) in [6.07, 6.45) is 9.58. The second-order valence-corrected chi connectivity index (χ2v) is 32.8. The predicted molar refractivity (Wildman–Crippen MR) is 361 cm³/mol. The third-order valence-corrected chi connectivity index (χ3v) is 22.8. The highest BCUT2D eigenvalue weighted by Gasteiger charge is 2.67. The van der Waals surface area contributed by atoms with Gasteiger partial charge in [0.1, 0.15) is 57.8 Å². The lowest BCUT2D eigenvalue weighted by molar-refractivity contribution is -0.180. The SMILES string of the molecule is CC(C)(C)C(=O)OCOC(=O)[C@@H]1N2C(=O)[C@@H](N=CN3CCCCCC3)[C@H]2SC1(C)C.CC1(C)S[C@@H]2[C@H](NC(=O)C(C(=O)Oc3ccc4c(c3)CCC4)c3ccccc3)C(=O)N2[C@H]1C(=O)O.CC1(C)S[C@@H]2[C@H](NC(=O)C(C(=O)Oc3ccccc3)c3ccccc3)C(=O)N2[C@H]1C(=O)O. The van der Waals surface area contributed by atoms with Gasteiger partial charge in [0.15, 0.2) is 17.9 Å². The van der Waals surface area contributed by atoms with Crippen molar-refractivity contribution >= 4 is 107 Å². The van der Waals surface area contributed by atoms with E-state index in [2.05, 4.69) is 20.5 Å². The van der Waals surface area contributed by atoms with Gasteiger partial charge in [0.25, 0.3) is 5.91 Å². The van der Waals surface area contributed by atoms with E-state index < -0.39 is 145 Å². The van der Waals surface area contributed by atoms with Crippen LogP contribution in [0.15, 0.2) is 114 Å². The minimum atomic E-state index is -1.28. The Morgan fingerprint density at radius 1 is 0.557 bits per heavy atom. The van der Waals surface area contributed by atoms with Crippen LogP contribution in [0.3, 0.4) is 0 Å². The molecule has 7 heterocycles. The first-order chi connectivity index (χ1) is 45.9. The monoisotopic (exact) mass is 1390 g/mol. The number of ether oxygens (including phenoxy) is 4. The van der Waals surface area contributed by atoms with Crippen molar-refractivity contribution in [3.63, 3.8) is 0 Å². The highest BCUT2D eigenvalue weighted by molar-refractivity contribution is 8.02. The molecule has 7 aliphatic heterocycles. The Morgan fingerprint density at radius 2 is 1.00 bits per heavy atom. The number of benzene rings is 4. The third-order valence-electron chi connectivity index (χ3n) is 18.1. The molecule has 516 valence electrons. The lowest BCUT2D eigenvalue weighted by Gasteiger charge is -2.43. The van der Waals surface area contributed by atoms with Crippen LogP contribution in [0.4, 0.5) is 0 Å². The second kappa shape index (κ2) is 28.9. The molecule has 24 nitrogen and oxygen atoms in total. The van der Waals surface area contributed by atoms with Crippen molar-refractivity contribution in [3.05, 3.63) is 131 Å². The number of carboxylic acid groups (broad SMARTS) is 2. The number of carbonyl (C=O) groups excluding carboxylic acids is 9. The van der Waals surface area contributed by atoms with Gasteiger partial charge in [-0.2, -0.15) is 0 Å². The zero-order chi connectivity index (χ0) is 70.1. The number of hydrogen-bond donors (Lipinski definition) is 4. The molecule has 7 saturated heterocycles. The number of rotatable bonds is 17. The summed E-state index contributed by atoms with van der Waals surface area (Å²) in [4.78, 5) is 150. The molecule has 2 unspecified atom stereocenters. The van der Waals surface area contributed by atoms with Gasteiger partial charge in [-0.25, -0.2) is 14.4 Å². The van der Waals surface area contributed by atoms with E-state index in [1.54, 1.807) is 162 Å². The molecule has 12 rings (SSSR count). The number of amides is 5. The summed E-state index contributed by atoms with van der Waals surface area (Å²) < 4.78 is 19.3. The van der Waals surface area contributed by atoms with Crippen LogP contribution >= 0.6 is 35.3 Å². The first-order valence-corrected chi connectivity index (χ1v) is 34.9. The maximum Gasteiger partial charge on any atom is 0.333 e. The van der Waals surface area contributed by atoms with Gasteiger partial charge in [0.05, 0.1) is 11.8 Å². The van der Waals surface area contributed by atoms with Crippen LogP contribution < -0.4 is 20.1 Å². The number of esters is 4. The topological polar surface area (TPSA) is 315 Å². The predicted octanol–water partition coefficient (Wildman–Crippen LogP) is 6.92. The fraction of sp³-hybridized carbons (Fsp3) is 0.486. The van der Waals surface area contributed by atoms with Crippen LogP contribution in [-0.4, -0.2) is 188 Å². The fourth-order valence-corrected chi connectivity index (χ4v) is 18.1. The minimum absolute atomic E-state index is 0.155. The number of nitrogens with one attached hydrogen (secondary N) is 2. The van der Waals surface area contributed by atoms with Crippen molar-refractivity contribution in [3.8, 4) is 11.5 Å². The van der Waals surface area contributed by atoms with E-state index in [9.17, 15) is 63.0 Å². The highest BCUT2D eigenvalue weighted by Crippen LogP contribution is 2.54. The maximum absolute atomic E-state index is 13.4. The summed E-state index contributed by atoms with van der Waals surface area (Å²) in [5, 5.41) is 23.3. The molecule has 97 heavy (non-hydrogen) atoms. The number of aliphatic carboxylic acids is 2. The summed E-state index contributed by atoms with van der Waals surface area (Å²) in [5.74, 6) is -8.98. The number of β-lactam (4-membered cyclic amide) rings is 3. The van der Waals surface area contributed by atoms with Crippen molar-refractivity contribution in [2.24, 2.45) is 10.4 Å². The molecule has 0 saturated carbocycles. The Labute approximate surface area is 575 Å². The van der Waals surface area contributed by atoms with E-state index in [0.717, 1.165) is 50.8 Å². The molecule has 8 aliphatic rings. The van der Waals surface area contributed by atoms with E-state index >= 15 is 0 Å². The number of fused-ring (bicyclic) bond motifs is 4. The first-order valence-electron chi connectivity index (χ1n) is 32.3. The molecular formula is C70H81N7O17S3. The molecule has 4 aromatic rings. The smallest absolute Gasteiger partial charge is 0.333 e. The average molecular weight is 1390 g/mol. The highest BCUT2D eigenvalue weighted by atomic mass is 32.2. The summed E-state index contributed by atoms with van der Waals surface area (Å²) in [7, 11) is 0. The van der Waals surface area contributed by atoms with Gasteiger partial charge in [0, 0.05) is 27.3 Å². The number of aryl methyl sites for hydroxylation is 2. The molecule has 0 aromatic heterocycles. The van der Waals surface area contributed by atoms with Gasteiger partial charge >= 0.3 is 35.8 Å². The second-order valence-electron chi connectivity index (χ2n) is 27.5. The first kappa shape index (κ1) is 71.3.